The van der Waals surface area contributed by atoms with Crippen molar-refractivity contribution in [3.63, 3.8) is 0 Å². The molecule has 3 rings (SSSR count). The molecular formula is C15H12F2O3. The molecule has 0 radical (unpaired) electrons. The topological polar surface area (TPSA) is 49.7 Å². The van der Waals surface area contributed by atoms with E-state index in [-0.39, 0.29) is 6.42 Å². The van der Waals surface area contributed by atoms with Gasteiger partial charge in [-0.15, -0.1) is 0 Å². The lowest BCUT2D eigenvalue weighted by atomic mass is 9.95. The fourth-order valence-corrected chi connectivity index (χ4v) is 2.35. The summed E-state index contributed by atoms with van der Waals surface area (Å²) in [6.45, 7) is 0. The van der Waals surface area contributed by atoms with Crippen LogP contribution in [0.4, 0.5) is 8.78 Å². The molecule has 0 aliphatic carbocycles. The summed E-state index contributed by atoms with van der Waals surface area (Å²) in [5.41, 5.74) is 0.898. The summed E-state index contributed by atoms with van der Waals surface area (Å²) in [5.74, 6) is -1.25. The molecule has 5 heteroatoms. The summed E-state index contributed by atoms with van der Waals surface area (Å²) in [4.78, 5) is 0. The summed E-state index contributed by atoms with van der Waals surface area (Å²) in [6, 6.07) is 7.85. The van der Waals surface area contributed by atoms with E-state index in [1.165, 1.54) is 36.4 Å². The zero-order valence-electron chi connectivity index (χ0n) is 10.4. The Morgan fingerprint density at radius 3 is 2.65 bits per heavy atom. The monoisotopic (exact) mass is 278 g/mol. The van der Waals surface area contributed by atoms with Gasteiger partial charge in [0.25, 0.3) is 0 Å². The van der Waals surface area contributed by atoms with Gasteiger partial charge in [-0.1, -0.05) is 6.07 Å². The van der Waals surface area contributed by atoms with E-state index in [1.807, 2.05) is 0 Å². The molecule has 3 nitrogen and oxygen atoms in total. The summed E-state index contributed by atoms with van der Waals surface area (Å²) in [5, 5.41) is 19.2. The average molecular weight is 278 g/mol. The second-order valence-corrected chi connectivity index (χ2v) is 4.75. The van der Waals surface area contributed by atoms with Gasteiger partial charge in [0.2, 0.25) is 0 Å². The zero-order chi connectivity index (χ0) is 14.3. The van der Waals surface area contributed by atoms with Crippen LogP contribution in [0.15, 0.2) is 36.4 Å². The fourth-order valence-electron chi connectivity index (χ4n) is 2.35. The molecule has 1 aliphatic rings. The minimum absolute atomic E-state index is 0.195. The maximum absolute atomic E-state index is 13.4. The molecule has 1 aliphatic heterocycles. The van der Waals surface area contributed by atoms with Crippen LogP contribution in [0.5, 0.6) is 11.5 Å². The number of halogens is 2. The Labute approximate surface area is 114 Å². The quantitative estimate of drug-likeness (QED) is 0.842. The number of aliphatic hydroxyl groups excluding tert-OH is 1. The summed E-state index contributed by atoms with van der Waals surface area (Å²) in [7, 11) is 0. The first-order valence-corrected chi connectivity index (χ1v) is 6.17. The van der Waals surface area contributed by atoms with Crippen molar-refractivity contribution in [1.29, 1.82) is 0 Å². The van der Waals surface area contributed by atoms with Gasteiger partial charge in [-0.05, 0) is 35.9 Å². The highest BCUT2D eigenvalue weighted by atomic mass is 19.1. The Morgan fingerprint density at radius 2 is 1.90 bits per heavy atom. The third-order valence-corrected chi connectivity index (χ3v) is 3.38. The van der Waals surface area contributed by atoms with Crippen molar-refractivity contribution in [3.05, 3.63) is 59.2 Å². The number of aromatic hydroxyl groups is 1. The van der Waals surface area contributed by atoms with Gasteiger partial charge < -0.3 is 14.9 Å². The van der Waals surface area contributed by atoms with Crippen LogP contribution in [0.25, 0.3) is 0 Å². The van der Waals surface area contributed by atoms with E-state index >= 15 is 0 Å². The minimum Gasteiger partial charge on any atom is -0.505 e. The van der Waals surface area contributed by atoms with E-state index in [0.29, 0.717) is 16.9 Å². The molecule has 0 saturated carbocycles. The first-order valence-electron chi connectivity index (χ1n) is 6.17. The molecule has 104 valence electrons. The molecule has 20 heavy (non-hydrogen) atoms. The fraction of sp³-hybridized carbons (Fsp3) is 0.200. The Kier molecular flexibility index (Phi) is 3.06. The van der Waals surface area contributed by atoms with Crippen molar-refractivity contribution in [2.45, 2.75) is 18.6 Å². The second-order valence-electron chi connectivity index (χ2n) is 4.75. The Balaban J connectivity index is 1.94. The highest BCUT2D eigenvalue weighted by molar-refractivity contribution is 5.39. The number of phenols is 1. The standard InChI is InChI=1S/C15H12F2O3/c16-9-2-4-14-10(6-9)13(19)7-15(20-14)8-1-3-12(18)11(17)5-8/h1-6,13,15,18-19H,7H2/t13-,15?/m1/s1. The van der Waals surface area contributed by atoms with Crippen LogP contribution in [0, 0.1) is 11.6 Å². The lowest BCUT2D eigenvalue weighted by molar-refractivity contribution is 0.0651. The molecule has 0 saturated heterocycles. The van der Waals surface area contributed by atoms with E-state index in [0.717, 1.165) is 0 Å². The van der Waals surface area contributed by atoms with Gasteiger partial charge in [0, 0.05) is 12.0 Å². The molecule has 0 amide bonds. The van der Waals surface area contributed by atoms with Crippen LogP contribution in [0.1, 0.15) is 29.8 Å². The molecule has 1 heterocycles. The van der Waals surface area contributed by atoms with Crippen molar-refractivity contribution in [3.8, 4) is 11.5 Å². The van der Waals surface area contributed by atoms with Crippen LogP contribution >= 0.6 is 0 Å². The van der Waals surface area contributed by atoms with Gasteiger partial charge in [0.15, 0.2) is 11.6 Å². The molecular weight excluding hydrogens is 266 g/mol. The molecule has 0 spiro atoms. The van der Waals surface area contributed by atoms with E-state index < -0.39 is 29.6 Å². The van der Waals surface area contributed by atoms with Gasteiger partial charge in [0.05, 0.1) is 6.10 Å². The third kappa shape index (κ3) is 2.20. The normalized spacial score (nSPS) is 21.1. The van der Waals surface area contributed by atoms with Gasteiger partial charge in [-0.25, -0.2) is 8.78 Å². The van der Waals surface area contributed by atoms with E-state index in [1.54, 1.807) is 0 Å². The highest BCUT2D eigenvalue weighted by Crippen LogP contribution is 2.41. The van der Waals surface area contributed by atoms with Crippen LogP contribution < -0.4 is 4.74 Å². The minimum atomic E-state index is -0.878. The lowest BCUT2D eigenvalue weighted by Gasteiger charge is -2.30. The first-order chi connectivity index (χ1) is 9.54. The summed E-state index contributed by atoms with van der Waals surface area (Å²) < 4.78 is 32.2. The molecule has 2 aromatic rings. The van der Waals surface area contributed by atoms with E-state index in [9.17, 15) is 19.0 Å². The molecule has 0 fully saturated rings. The van der Waals surface area contributed by atoms with Gasteiger partial charge >= 0.3 is 0 Å². The summed E-state index contributed by atoms with van der Waals surface area (Å²) >= 11 is 0. The molecule has 1 unspecified atom stereocenters. The number of ether oxygens (including phenoxy) is 1. The van der Waals surface area contributed by atoms with Crippen LogP contribution in [-0.2, 0) is 0 Å². The zero-order valence-corrected chi connectivity index (χ0v) is 10.4. The molecule has 2 aromatic carbocycles. The Morgan fingerprint density at radius 1 is 1.10 bits per heavy atom. The van der Waals surface area contributed by atoms with E-state index in [4.69, 9.17) is 4.74 Å². The smallest absolute Gasteiger partial charge is 0.165 e. The third-order valence-electron chi connectivity index (χ3n) is 3.38. The highest BCUT2D eigenvalue weighted by Gasteiger charge is 2.28. The predicted molar refractivity (Wildman–Crippen MR) is 67.4 cm³/mol. The van der Waals surface area contributed by atoms with Crippen LogP contribution in [0.2, 0.25) is 0 Å². The largest absolute Gasteiger partial charge is 0.505 e. The Bertz CT molecular complexity index is 658. The van der Waals surface area contributed by atoms with Crippen molar-refractivity contribution < 1.29 is 23.7 Å². The number of rotatable bonds is 1. The number of benzene rings is 2. The van der Waals surface area contributed by atoms with Crippen molar-refractivity contribution in [2.75, 3.05) is 0 Å². The van der Waals surface area contributed by atoms with Crippen molar-refractivity contribution in [2.24, 2.45) is 0 Å². The number of aliphatic hydroxyl groups is 1. The molecule has 2 N–H and O–H groups in total. The van der Waals surface area contributed by atoms with Crippen molar-refractivity contribution in [1.82, 2.24) is 0 Å². The van der Waals surface area contributed by atoms with Gasteiger partial charge in [-0.3, -0.25) is 0 Å². The number of fused-ring (bicyclic) bond motifs is 1. The summed E-state index contributed by atoms with van der Waals surface area (Å²) in [6.07, 6.45) is -1.23. The average Bonchev–Trinajstić information content (AvgIpc) is 2.42. The number of hydrogen-bond acceptors (Lipinski definition) is 3. The van der Waals surface area contributed by atoms with Gasteiger partial charge in [-0.2, -0.15) is 0 Å². The first kappa shape index (κ1) is 12.9. The van der Waals surface area contributed by atoms with E-state index in [2.05, 4.69) is 0 Å². The van der Waals surface area contributed by atoms with Crippen LogP contribution in [-0.4, -0.2) is 10.2 Å². The lowest BCUT2D eigenvalue weighted by Crippen LogP contribution is -2.19. The predicted octanol–water partition coefficient (Wildman–Crippen LogP) is 3.23. The molecule has 0 bridgehead atoms. The second kappa shape index (κ2) is 4.76. The maximum atomic E-state index is 13.4. The van der Waals surface area contributed by atoms with Crippen molar-refractivity contribution >= 4 is 0 Å². The molecule has 0 aromatic heterocycles. The van der Waals surface area contributed by atoms with Crippen LogP contribution in [0.3, 0.4) is 0 Å². The molecule has 2 atom stereocenters. The Hall–Kier alpha value is -2.14. The van der Waals surface area contributed by atoms with Gasteiger partial charge in [0.1, 0.15) is 17.7 Å². The number of phenolic OH excluding ortho intramolecular Hbond substituents is 1. The number of hydrogen-bond donors (Lipinski definition) is 2. The maximum Gasteiger partial charge on any atom is 0.165 e. The SMILES string of the molecule is Oc1ccc(C2C[C@@H](O)c3cc(F)ccc3O2)cc1F.